The molecule has 2 heterocycles. The molecule has 1 aliphatic heterocycles. The molecular weight excluding hydrogens is 310 g/mol. The van der Waals surface area contributed by atoms with E-state index in [2.05, 4.69) is 21.7 Å². The number of urea groups is 1. The second-order valence-electron chi connectivity index (χ2n) is 5.76. The average molecular weight is 331 g/mol. The second kappa shape index (κ2) is 7.46. The van der Waals surface area contributed by atoms with E-state index in [0.717, 1.165) is 29.3 Å². The second-order valence-corrected chi connectivity index (χ2v) is 6.70. The van der Waals surface area contributed by atoms with Crippen molar-refractivity contribution in [3.05, 3.63) is 45.9 Å². The molecule has 1 aromatic heterocycles. The van der Waals surface area contributed by atoms with Gasteiger partial charge in [-0.2, -0.15) is 0 Å². The van der Waals surface area contributed by atoms with Crippen LogP contribution in [-0.4, -0.2) is 30.7 Å². The zero-order chi connectivity index (χ0) is 16.1. The van der Waals surface area contributed by atoms with Crippen molar-refractivity contribution < 1.29 is 9.53 Å². The van der Waals surface area contributed by atoms with Gasteiger partial charge in [-0.3, -0.25) is 0 Å². The SMILES string of the molecule is Cc1csc(CCNC(=O)NC[C@@H]2COc3ccccc3C2)n1. The highest BCUT2D eigenvalue weighted by Gasteiger charge is 2.19. The van der Waals surface area contributed by atoms with Crippen molar-refractivity contribution in [3.63, 3.8) is 0 Å². The van der Waals surface area contributed by atoms with Crippen molar-refractivity contribution in [2.75, 3.05) is 19.7 Å². The number of aromatic nitrogens is 1. The van der Waals surface area contributed by atoms with Crippen LogP contribution in [0.25, 0.3) is 0 Å². The lowest BCUT2D eigenvalue weighted by molar-refractivity contribution is 0.211. The van der Waals surface area contributed by atoms with Crippen molar-refractivity contribution in [2.24, 2.45) is 5.92 Å². The summed E-state index contributed by atoms with van der Waals surface area (Å²) in [6.45, 7) is 3.85. The number of benzene rings is 1. The molecule has 3 rings (SSSR count). The number of hydrogen-bond acceptors (Lipinski definition) is 4. The molecular formula is C17H21N3O2S. The van der Waals surface area contributed by atoms with Crippen molar-refractivity contribution in [3.8, 4) is 5.75 Å². The minimum Gasteiger partial charge on any atom is -0.493 e. The Balaban J connectivity index is 1.36. The summed E-state index contributed by atoms with van der Waals surface area (Å²) in [6.07, 6.45) is 1.71. The van der Waals surface area contributed by atoms with Crippen LogP contribution >= 0.6 is 11.3 Å². The van der Waals surface area contributed by atoms with E-state index in [1.807, 2.05) is 30.5 Å². The van der Waals surface area contributed by atoms with E-state index in [1.54, 1.807) is 11.3 Å². The Morgan fingerprint density at radius 1 is 1.39 bits per heavy atom. The van der Waals surface area contributed by atoms with Crippen molar-refractivity contribution in [2.45, 2.75) is 19.8 Å². The first-order chi connectivity index (χ1) is 11.2. The van der Waals surface area contributed by atoms with Gasteiger partial charge in [-0.1, -0.05) is 18.2 Å². The molecule has 122 valence electrons. The molecule has 1 aromatic carbocycles. The predicted octanol–water partition coefficient (Wildman–Crippen LogP) is 2.54. The number of hydrogen-bond donors (Lipinski definition) is 2. The lowest BCUT2D eigenvalue weighted by Crippen LogP contribution is -2.41. The van der Waals surface area contributed by atoms with Gasteiger partial charge in [0.2, 0.25) is 0 Å². The lowest BCUT2D eigenvalue weighted by Gasteiger charge is -2.25. The van der Waals surface area contributed by atoms with Crippen molar-refractivity contribution in [1.29, 1.82) is 0 Å². The third-order valence-corrected chi connectivity index (χ3v) is 4.82. The molecule has 0 spiro atoms. The summed E-state index contributed by atoms with van der Waals surface area (Å²) in [5, 5.41) is 8.88. The van der Waals surface area contributed by atoms with Crippen LogP contribution in [0.15, 0.2) is 29.6 Å². The number of carbonyl (C=O) groups excluding carboxylic acids is 1. The first-order valence-electron chi connectivity index (χ1n) is 7.84. The molecule has 0 saturated heterocycles. The van der Waals surface area contributed by atoms with E-state index < -0.39 is 0 Å². The monoisotopic (exact) mass is 331 g/mol. The Morgan fingerprint density at radius 3 is 3.09 bits per heavy atom. The van der Waals surface area contributed by atoms with E-state index in [9.17, 15) is 4.79 Å². The summed E-state index contributed by atoms with van der Waals surface area (Å²) in [5.41, 5.74) is 2.25. The Morgan fingerprint density at radius 2 is 2.26 bits per heavy atom. The maximum atomic E-state index is 11.8. The van der Waals surface area contributed by atoms with Gasteiger partial charge in [0.1, 0.15) is 5.75 Å². The van der Waals surface area contributed by atoms with Crippen molar-refractivity contribution in [1.82, 2.24) is 15.6 Å². The molecule has 23 heavy (non-hydrogen) atoms. The molecule has 0 aliphatic carbocycles. The molecule has 6 heteroatoms. The van der Waals surface area contributed by atoms with E-state index in [1.165, 1.54) is 5.56 Å². The van der Waals surface area contributed by atoms with Crippen LogP contribution < -0.4 is 15.4 Å². The number of nitrogens with zero attached hydrogens (tertiary/aromatic N) is 1. The lowest BCUT2D eigenvalue weighted by atomic mass is 9.97. The average Bonchev–Trinajstić information content (AvgIpc) is 2.98. The standard InChI is InChI=1S/C17H21N3O2S/c1-12-11-23-16(20-12)6-7-18-17(21)19-9-13-8-14-4-2-3-5-15(14)22-10-13/h2-5,11,13H,6-10H2,1H3,(H2,18,19,21)/t13-/m1/s1. The molecule has 0 unspecified atom stereocenters. The van der Waals surface area contributed by atoms with E-state index in [0.29, 0.717) is 25.6 Å². The zero-order valence-electron chi connectivity index (χ0n) is 13.2. The fourth-order valence-corrected chi connectivity index (χ4v) is 3.40. The number of amides is 2. The summed E-state index contributed by atoms with van der Waals surface area (Å²) >= 11 is 1.63. The molecule has 2 aromatic rings. The number of carbonyl (C=O) groups is 1. The number of rotatable bonds is 5. The van der Waals surface area contributed by atoms with Gasteiger partial charge in [-0.05, 0) is 25.0 Å². The molecule has 5 nitrogen and oxygen atoms in total. The van der Waals surface area contributed by atoms with Crippen LogP contribution in [0, 0.1) is 12.8 Å². The number of nitrogens with one attached hydrogen (secondary N) is 2. The Kier molecular flexibility index (Phi) is 5.12. The summed E-state index contributed by atoms with van der Waals surface area (Å²) < 4.78 is 5.73. The molecule has 0 saturated carbocycles. The maximum absolute atomic E-state index is 11.8. The highest BCUT2D eigenvalue weighted by molar-refractivity contribution is 7.09. The number of aryl methyl sites for hydroxylation is 1. The normalized spacial score (nSPS) is 16.3. The van der Waals surface area contributed by atoms with Gasteiger partial charge in [0.15, 0.2) is 0 Å². The Labute approximate surface area is 140 Å². The van der Waals surface area contributed by atoms with Crippen LogP contribution in [0.2, 0.25) is 0 Å². The van der Waals surface area contributed by atoms with Crippen LogP contribution in [-0.2, 0) is 12.8 Å². The first-order valence-corrected chi connectivity index (χ1v) is 8.72. The summed E-state index contributed by atoms with van der Waals surface area (Å²) in [5.74, 6) is 1.28. The first kappa shape index (κ1) is 15.8. The third-order valence-electron chi connectivity index (χ3n) is 3.80. The smallest absolute Gasteiger partial charge is 0.314 e. The van der Waals surface area contributed by atoms with Crippen LogP contribution in [0.4, 0.5) is 4.79 Å². The van der Waals surface area contributed by atoms with Gasteiger partial charge >= 0.3 is 6.03 Å². The van der Waals surface area contributed by atoms with Crippen LogP contribution in [0.3, 0.4) is 0 Å². The number of thiazole rings is 1. The Bertz CT molecular complexity index is 671. The minimum atomic E-state index is -0.128. The minimum absolute atomic E-state index is 0.128. The fraction of sp³-hybridized carbons (Fsp3) is 0.412. The third kappa shape index (κ3) is 4.45. The van der Waals surface area contributed by atoms with Crippen molar-refractivity contribution >= 4 is 17.4 Å². The molecule has 0 bridgehead atoms. The summed E-state index contributed by atoms with van der Waals surface area (Å²) in [6, 6.07) is 7.95. The number of ether oxygens (including phenoxy) is 1. The largest absolute Gasteiger partial charge is 0.493 e. The van der Waals surface area contributed by atoms with E-state index in [4.69, 9.17) is 4.74 Å². The van der Waals surface area contributed by atoms with Crippen LogP contribution in [0.5, 0.6) is 5.75 Å². The molecule has 1 atom stereocenters. The summed E-state index contributed by atoms with van der Waals surface area (Å²) in [7, 11) is 0. The van der Waals surface area contributed by atoms with E-state index >= 15 is 0 Å². The maximum Gasteiger partial charge on any atom is 0.314 e. The topological polar surface area (TPSA) is 63.2 Å². The predicted molar refractivity (Wildman–Crippen MR) is 91.1 cm³/mol. The Hall–Kier alpha value is -2.08. The highest BCUT2D eigenvalue weighted by atomic mass is 32.1. The van der Waals surface area contributed by atoms with Crippen LogP contribution in [0.1, 0.15) is 16.3 Å². The fourth-order valence-electron chi connectivity index (χ4n) is 2.62. The van der Waals surface area contributed by atoms with Gasteiger partial charge in [-0.25, -0.2) is 9.78 Å². The summed E-state index contributed by atoms with van der Waals surface area (Å²) in [4.78, 5) is 16.2. The van der Waals surface area contributed by atoms with Gasteiger partial charge in [-0.15, -0.1) is 11.3 Å². The molecule has 1 aliphatic rings. The molecule has 0 fully saturated rings. The number of para-hydroxylation sites is 1. The quantitative estimate of drug-likeness (QED) is 0.885. The molecule has 2 amide bonds. The van der Waals surface area contributed by atoms with Gasteiger partial charge in [0.25, 0.3) is 0 Å². The van der Waals surface area contributed by atoms with Gasteiger partial charge < -0.3 is 15.4 Å². The molecule has 0 radical (unpaired) electrons. The highest BCUT2D eigenvalue weighted by Crippen LogP contribution is 2.26. The number of fused-ring (bicyclic) bond motifs is 1. The van der Waals surface area contributed by atoms with Gasteiger partial charge in [0.05, 0.1) is 11.6 Å². The van der Waals surface area contributed by atoms with Gasteiger partial charge in [0, 0.05) is 36.5 Å². The molecule has 2 N–H and O–H groups in total. The van der Waals surface area contributed by atoms with E-state index in [-0.39, 0.29) is 6.03 Å². The zero-order valence-corrected chi connectivity index (χ0v) is 14.0.